The van der Waals surface area contributed by atoms with Crippen molar-refractivity contribution in [2.45, 2.75) is 53.6 Å². The van der Waals surface area contributed by atoms with Crippen LogP contribution in [0.5, 0.6) is 0 Å². The van der Waals surface area contributed by atoms with E-state index in [1.165, 1.54) is 0 Å². The van der Waals surface area contributed by atoms with Crippen LogP contribution in [0.25, 0.3) is 0 Å². The van der Waals surface area contributed by atoms with Gasteiger partial charge in [0.25, 0.3) is 0 Å². The van der Waals surface area contributed by atoms with Crippen LogP contribution in [-0.4, -0.2) is 135 Å². The van der Waals surface area contributed by atoms with Crippen molar-refractivity contribution >= 4 is 45.4 Å². The van der Waals surface area contributed by atoms with Crippen LogP contribution in [0.2, 0.25) is 0 Å². The average molecular weight is 642 g/mol. The monoisotopic (exact) mass is 640 g/mol. The Morgan fingerprint density at radius 3 is 2.50 bits per heavy atom. The van der Waals surface area contributed by atoms with Gasteiger partial charge in [-0.2, -0.15) is 0 Å². The van der Waals surface area contributed by atoms with Crippen molar-refractivity contribution in [2.75, 3.05) is 66.1 Å². The van der Waals surface area contributed by atoms with Crippen molar-refractivity contribution in [3.05, 3.63) is 25.3 Å². The predicted octanol–water partition coefficient (Wildman–Crippen LogP) is 1.85. The Bertz CT molecular complexity index is 978. The van der Waals surface area contributed by atoms with Gasteiger partial charge < -0.3 is 24.5 Å². The topological polar surface area (TPSA) is 93.6 Å². The third kappa shape index (κ3) is 5.78. The molecule has 11 heteroatoms. The standard InChI is InChI=1S/C29H45BrN4O5S/c1-6-8-31(5)26(36)22-23-27(37)34(20(18-35)16-19(3)4)25(29(23)17-21(30)24(22)40-29)28(38)33(9-7-2)11-10-32-12-14-39-15-13-32/h6-7,19-25,35H,1-2,8-18H2,3-5H3/t20-,21?,22-,23+,24-,25?,29?/m1/s1. The summed E-state index contributed by atoms with van der Waals surface area (Å²) in [6.07, 6.45) is 4.60. The molecule has 0 saturated carbocycles. The average Bonchev–Trinajstić information content (AvgIpc) is 3.52. The highest BCUT2D eigenvalue weighted by Crippen LogP contribution is 2.68. The van der Waals surface area contributed by atoms with E-state index < -0.39 is 28.7 Å². The predicted molar refractivity (Wildman–Crippen MR) is 161 cm³/mol. The summed E-state index contributed by atoms with van der Waals surface area (Å²) in [5, 5.41) is 10.4. The SMILES string of the molecule is C=CCN(C)C(=O)[C@H]1[C@@H]2SC3(CC2Br)C(C(=O)N(CC=C)CCN2CCOCC2)N([C@@H](CO)CC(C)C)C(=O)[C@H]13. The molecule has 4 aliphatic rings. The molecule has 0 radical (unpaired) electrons. The van der Waals surface area contributed by atoms with Crippen LogP contribution in [0.3, 0.4) is 0 Å². The van der Waals surface area contributed by atoms with E-state index in [2.05, 4.69) is 47.8 Å². The Hall–Kier alpha value is -1.40. The second kappa shape index (κ2) is 13.3. The molecular formula is C29H45BrN4O5S. The quantitative estimate of drug-likeness (QED) is 0.243. The first-order chi connectivity index (χ1) is 19.1. The largest absolute Gasteiger partial charge is 0.394 e. The Morgan fingerprint density at radius 1 is 1.23 bits per heavy atom. The van der Waals surface area contributed by atoms with Gasteiger partial charge in [0.1, 0.15) is 6.04 Å². The van der Waals surface area contributed by atoms with E-state index >= 15 is 0 Å². The molecule has 0 aromatic rings. The number of alkyl halides is 1. The number of hydrogen-bond donors (Lipinski definition) is 1. The number of nitrogens with zero attached hydrogens (tertiary/aromatic N) is 4. The number of carbonyl (C=O) groups is 3. The molecule has 40 heavy (non-hydrogen) atoms. The minimum atomic E-state index is -0.761. The fraction of sp³-hybridized carbons (Fsp3) is 0.759. The molecule has 7 atom stereocenters. The van der Waals surface area contributed by atoms with Gasteiger partial charge in [-0.3, -0.25) is 19.3 Å². The Morgan fingerprint density at radius 2 is 1.90 bits per heavy atom. The molecule has 0 aromatic heterocycles. The molecule has 0 aromatic carbocycles. The van der Waals surface area contributed by atoms with E-state index in [-0.39, 0.29) is 40.3 Å². The molecule has 4 rings (SSSR count). The Labute approximate surface area is 251 Å². The highest BCUT2D eigenvalue weighted by atomic mass is 79.9. The number of aliphatic hydroxyl groups is 1. The lowest BCUT2D eigenvalue weighted by atomic mass is 9.70. The van der Waals surface area contributed by atoms with E-state index in [0.29, 0.717) is 52.2 Å². The maximum absolute atomic E-state index is 14.6. The highest BCUT2D eigenvalue weighted by molar-refractivity contribution is 9.09. The van der Waals surface area contributed by atoms with Gasteiger partial charge >= 0.3 is 0 Å². The number of likely N-dealkylation sites (tertiary alicyclic amines) is 1. The first-order valence-corrected chi connectivity index (χ1v) is 16.2. The molecule has 4 saturated heterocycles. The molecule has 9 nitrogen and oxygen atoms in total. The number of carbonyl (C=O) groups excluding carboxylic acids is 3. The van der Waals surface area contributed by atoms with E-state index in [0.717, 1.165) is 13.1 Å². The molecule has 2 bridgehead atoms. The summed E-state index contributed by atoms with van der Waals surface area (Å²) in [7, 11) is 1.74. The van der Waals surface area contributed by atoms with Crippen LogP contribution in [0.15, 0.2) is 25.3 Å². The smallest absolute Gasteiger partial charge is 0.247 e. The molecule has 4 aliphatic heterocycles. The number of hydrogen-bond acceptors (Lipinski definition) is 7. The summed E-state index contributed by atoms with van der Waals surface area (Å²) in [5.74, 6) is -1.32. The van der Waals surface area contributed by atoms with Gasteiger partial charge in [0.2, 0.25) is 17.7 Å². The van der Waals surface area contributed by atoms with Crippen molar-refractivity contribution in [3.63, 3.8) is 0 Å². The number of amides is 3. The summed E-state index contributed by atoms with van der Waals surface area (Å²) in [6.45, 7) is 16.5. The van der Waals surface area contributed by atoms with E-state index in [9.17, 15) is 19.5 Å². The normalized spacial score (nSPS) is 32.3. The molecule has 1 N–H and O–H groups in total. The molecule has 3 amide bonds. The Kier molecular flexibility index (Phi) is 10.5. The molecule has 1 spiro atoms. The van der Waals surface area contributed by atoms with Crippen molar-refractivity contribution in [2.24, 2.45) is 17.8 Å². The van der Waals surface area contributed by atoms with Gasteiger partial charge in [0, 0.05) is 56.4 Å². The van der Waals surface area contributed by atoms with E-state index in [4.69, 9.17) is 4.74 Å². The summed E-state index contributed by atoms with van der Waals surface area (Å²) >= 11 is 5.47. The summed E-state index contributed by atoms with van der Waals surface area (Å²) in [4.78, 5) is 50.3. The second-order valence-corrected chi connectivity index (χ2v) is 14.6. The molecule has 3 unspecified atom stereocenters. The van der Waals surface area contributed by atoms with Crippen LogP contribution in [0.1, 0.15) is 26.7 Å². The summed E-state index contributed by atoms with van der Waals surface area (Å²) < 4.78 is 4.74. The van der Waals surface area contributed by atoms with Crippen molar-refractivity contribution in [1.82, 2.24) is 19.6 Å². The zero-order valence-corrected chi connectivity index (χ0v) is 26.4. The lowest BCUT2D eigenvalue weighted by molar-refractivity contribution is -0.147. The van der Waals surface area contributed by atoms with Crippen LogP contribution in [0.4, 0.5) is 0 Å². The number of thioether (sulfide) groups is 1. The molecule has 224 valence electrons. The zero-order chi connectivity index (χ0) is 29.2. The number of rotatable bonds is 13. The van der Waals surface area contributed by atoms with Gasteiger partial charge in [-0.25, -0.2) is 0 Å². The Balaban J connectivity index is 1.72. The van der Waals surface area contributed by atoms with Gasteiger partial charge in [0.15, 0.2) is 0 Å². The van der Waals surface area contributed by atoms with Gasteiger partial charge in [-0.05, 0) is 18.8 Å². The van der Waals surface area contributed by atoms with Crippen LogP contribution < -0.4 is 0 Å². The molecule has 0 aliphatic carbocycles. The molecule has 4 fully saturated rings. The van der Waals surface area contributed by atoms with Gasteiger partial charge in [-0.15, -0.1) is 24.9 Å². The third-order valence-corrected chi connectivity index (χ3v) is 12.0. The zero-order valence-electron chi connectivity index (χ0n) is 24.0. The fourth-order valence-corrected chi connectivity index (χ4v) is 10.7. The van der Waals surface area contributed by atoms with Gasteiger partial charge in [-0.1, -0.05) is 41.9 Å². The molecule has 4 heterocycles. The number of ether oxygens (including phenoxy) is 1. The maximum Gasteiger partial charge on any atom is 0.247 e. The maximum atomic E-state index is 14.6. The van der Waals surface area contributed by atoms with E-state index in [1.807, 2.05) is 4.90 Å². The summed E-state index contributed by atoms with van der Waals surface area (Å²) in [6, 6.07) is -1.26. The number of halogens is 1. The van der Waals surface area contributed by atoms with Crippen molar-refractivity contribution in [1.29, 1.82) is 0 Å². The number of likely N-dealkylation sites (N-methyl/N-ethyl adjacent to an activating group) is 1. The van der Waals surface area contributed by atoms with Crippen LogP contribution >= 0.6 is 27.7 Å². The second-order valence-electron chi connectivity index (χ2n) is 11.9. The van der Waals surface area contributed by atoms with Gasteiger partial charge in [0.05, 0.1) is 42.4 Å². The highest BCUT2D eigenvalue weighted by Gasteiger charge is 2.76. The number of morpholine rings is 1. The van der Waals surface area contributed by atoms with Crippen LogP contribution in [0, 0.1) is 17.8 Å². The first-order valence-electron chi connectivity index (χ1n) is 14.4. The van der Waals surface area contributed by atoms with Crippen molar-refractivity contribution < 1.29 is 24.2 Å². The minimum absolute atomic E-state index is 0.00163. The lowest BCUT2D eigenvalue weighted by Crippen LogP contribution is -2.58. The fourth-order valence-electron chi connectivity index (χ4n) is 7.09. The minimum Gasteiger partial charge on any atom is -0.394 e. The van der Waals surface area contributed by atoms with Crippen molar-refractivity contribution in [3.8, 4) is 0 Å². The lowest BCUT2D eigenvalue weighted by Gasteiger charge is -2.40. The third-order valence-electron chi connectivity index (χ3n) is 8.82. The first kappa shape index (κ1) is 31.5. The van der Waals surface area contributed by atoms with Crippen LogP contribution in [-0.2, 0) is 19.1 Å². The number of aliphatic hydroxyl groups excluding tert-OH is 1. The molecular weight excluding hydrogens is 596 g/mol. The van der Waals surface area contributed by atoms with E-state index in [1.54, 1.807) is 40.8 Å². The number of fused-ring (bicyclic) bond motifs is 1. The summed E-state index contributed by atoms with van der Waals surface area (Å²) in [5.41, 5.74) is 0.